The van der Waals surface area contributed by atoms with Gasteiger partial charge in [-0.2, -0.15) is 0 Å². The molecule has 0 N–H and O–H groups in total. The Morgan fingerprint density at radius 3 is 2.39 bits per heavy atom. The first-order valence-electron chi connectivity index (χ1n) is 12.3. The second-order valence-corrected chi connectivity index (χ2v) is 9.57. The minimum absolute atomic E-state index is 0.213. The highest BCUT2D eigenvalue weighted by molar-refractivity contribution is 5.96. The molecule has 0 heterocycles. The molecular weight excluding hydrogens is 457 g/mol. The Labute approximate surface area is 208 Å². The molecule has 6 rings (SSSR count). The van der Waals surface area contributed by atoms with E-state index in [0.717, 1.165) is 42.2 Å². The number of hydrogen-bond donors (Lipinski definition) is 0. The largest absolute Gasteiger partial charge is 0.573 e. The molecule has 1 nitrogen and oxygen atoms in total. The van der Waals surface area contributed by atoms with Crippen molar-refractivity contribution in [3.8, 4) is 16.9 Å². The zero-order chi connectivity index (χ0) is 24.7. The van der Waals surface area contributed by atoms with Crippen LogP contribution in [0.15, 0.2) is 103 Å². The maximum Gasteiger partial charge on any atom is 0.573 e. The molecule has 1 unspecified atom stereocenters. The Kier molecular flexibility index (Phi) is 5.67. The predicted octanol–water partition coefficient (Wildman–Crippen LogP) is 8.92. The predicted molar refractivity (Wildman–Crippen MR) is 139 cm³/mol. The number of allylic oxidation sites excluding steroid dienone is 4. The number of hydrogen-bond acceptors (Lipinski definition) is 1. The van der Waals surface area contributed by atoms with Gasteiger partial charge in [-0.1, -0.05) is 84.5 Å². The number of ether oxygens (including phenoxy) is 1. The van der Waals surface area contributed by atoms with Gasteiger partial charge >= 0.3 is 6.36 Å². The molecule has 4 heteroatoms. The first kappa shape index (κ1) is 22.7. The Bertz CT molecular complexity index is 1480. The first-order chi connectivity index (χ1) is 17.4. The lowest BCUT2D eigenvalue weighted by molar-refractivity contribution is -0.274. The van der Waals surface area contributed by atoms with Crippen molar-refractivity contribution in [1.29, 1.82) is 0 Å². The van der Waals surface area contributed by atoms with Gasteiger partial charge in [-0.25, -0.2) is 0 Å². The lowest BCUT2D eigenvalue weighted by Crippen LogP contribution is -2.20. The van der Waals surface area contributed by atoms with E-state index in [-0.39, 0.29) is 5.75 Å². The van der Waals surface area contributed by atoms with Gasteiger partial charge in [0, 0.05) is 0 Å². The molecule has 36 heavy (non-hydrogen) atoms. The van der Waals surface area contributed by atoms with Crippen LogP contribution in [0, 0.1) is 5.92 Å². The van der Waals surface area contributed by atoms with Crippen molar-refractivity contribution in [2.45, 2.75) is 32.0 Å². The fraction of sp³-hybridized carbons (Fsp3) is 0.188. The Hall–Kier alpha value is -3.79. The van der Waals surface area contributed by atoms with Gasteiger partial charge < -0.3 is 4.74 Å². The lowest BCUT2D eigenvalue weighted by atomic mass is 9.72. The van der Waals surface area contributed by atoms with E-state index >= 15 is 0 Å². The highest BCUT2D eigenvalue weighted by Gasteiger charge is 2.31. The third-order valence-electron chi connectivity index (χ3n) is 7.32. The molecule has 0 saturated carbocycles. The van der Waals surface area contributed by atoms with Gasteiger partial charge in [0.25, 0.3) is 0 Å². The third-order valence-corrected chi connectivity index (χ3v) is 7.32. The summed E-state index contributed by atoms with van der Waals surface area (Å²) in [5.74, 6) is 0.265. The van der Waals surface area contributed by atoms with Crippen molar-refractivity contribution in [3.63, 3.8) is 0 Å². The lowest BCUT2D eigenvalue weighted by Gasteiger charge is -2.32. The van der Waals surface area contributed by atoms with E-state index in [1.54, 1.807) is 17.7 Å². The van der Waals surface area contributed by atoms with Crippen LogP contribution in [0.25, 0.3) is 27.5 Å². The van der Waals surface area contributed by atoms with Crippen LogP contribution in [-0.2, 0) is 12.8 Å². The second kappa shape index (κ2) is 9.02. The summed E-state index contributed by atoms with van der Waals surface area (Å²) in [6.07, 6.45) is 4.17. The molecule has 0 aliphatic heterocycles. The van der Waals surface area contributed by atoms with Crippen molar-refractivity contribution < 1.29 is 17.9 Å². The SMILES string of the molecule is FC(F)(F)Oc1ccc(-c2ccc3c4c(ccc3c2)C2=C(CCC=C2)C(Cc2ccccc2)C4)cc1. The summed E-state index contributed by atoms with van der Waals surface area (Å²) in [4.78, 5) is 0. The van der Waals surface area contributed by atoms with Gasteiger partial charge in [-0.3, -0.25) is 0 Å². The van der Waals surface area contributed by atoms with Crippen molar-refractivity contribution in [1.82, 2.24) is 0 Å². The Balaban J connectivity index is 1.37. The maximum absolute atomic E-state index is 12.5. The van der Waals surface area contributed by atoms with Crippen molar-refractivity contribution in [3.05, 3.63) is 119 Å². The van der Waals surface area contributed by atoms with Crippen LogP contribution in [0.2, 0.25) is 0 Å². The molecule has 4 aromatic rings. The number of fused-ring (bicyclic) bond motifs is 4. The highest BCUT2D eigenvalue weighted by atomic mass is 19.4. The summed E-state index contributed by atoms with van der Waals surface area (Å²) in [6, 6.07) is 27.5. The van der Waals surface area contributed by atoms with E-state index in [9.17, 15) is 13.2 Å². The summed E-state index contributed by atoms with van der Waals surface area (Å²) >= 11 is 0. The molecule has 0 amide bonds. The molecule has 1 atom stereocenters. The molecule has 0 saturated heterocycles. The van der Waals surface area contributed by atoms with Crippen LogP contribution in [0.4, 0.5) is 13.2 Å². The van der Waals surface area contributed by atoms with E-state index in [1.807, 2.05) is 0 Å². The van der Waals surface area contributed by atoms with Crippen LogP contribution in [-0.4, -0.2) is 6.36 Å². The van der Waals surface area contributed by atoms with Crippen LogP contribution in [0.5, 0.6) is 5.75 Å². The van der Waals surface area contributed by atoms with Gasteiger partial charge in [0.05, 0.1) is 0 Å². The first-order valence-corrected chi connectivity index (χ1v) is 12.3. The molecule has 0 radical (unpaired) electrons. The molecular formula is C32H25F3O. The van der Waals surface area contributed by atoms with Crippen LogP contribution in [0.1, 0.15) is 29.5 Å². The number of benzene rings is 4. The number of rotatable bonds is 4. The van der Waals surface area contributed by atoms with Gasteiger partial charge in [0.1, 0.15) is 5.75 Å². The topological polar surface area (TPSA) is 9.23 Å². The summed E-state index contributed by atoms with van der Waals surface area (Å²) in [5.41, 5.74) is 8.87. The van der Waals surface area contributed by atoms with Gasteiger partial charge in [0.15, 0.2) is 0 Å². The minimum atomic E-state index is -4.69. The molecule has 0 spiro atoms. The standard InChI is InChI=1S/C32H25F3O/c33-32(34,35)36-26-14-10-22(11-15-26)23-12-16-28-24(19-23)13-17-30-29-9-5-4-8-27(29)25(20-31(28)30)18-21-6-2-1-3-7-21/h1-3,5-7,9-17,19,25H,4,8,18,20H2. The molecule has 180 valence electrons. The quantitative estimate of drug-likeness (QED) is 0.282. The molecule has 2 aliphatic carbocycles. The summed E-state index contributed by atoms with van der Waals surface area (Å²) in [6.45, 7) is 0. The van der Waals surface area contributed by atoms with Crippen molar-refractivity contribution in [2.24, 2.45) is 5.92 Å². The van der Waals surface area contributed by atoms with Gasteiger partial charge in [-0.15, -0.1) is 13.2 Å². The second-order valence-electron chi connectivity index (χ2n) is 9.57. The summed E-state index contributed by atoms with van der Waals surface area (Å²) < 4.78 is 41.5. The number of halogens is 3. The highest BCUT2D eigenvalue weighted by Crippen LogP contribution is 2.44. The maximum atomic E-state index is 12.5. The zero-order valence-corrected chi connectivity index (χ0v) is 19.7. The number of alkyl halides is 3. The fourth-order valence-electron chi connectivity index (χ4n) is 5.73. The zero-order valence-electron chi connectivity index (χ0n) is 19.7. The Morgan fingerprint density at radius 1 is 0.833 bits per heavy atom. The molecule has 0 aromatic heterocycles. The van der Waals surface area contributed by atoms with Crippen LogP contribution >= 0.6 is 0 Å². The third kappa shape index (κ3) is 4.44. The average molecular weight is 483 g/mol. The summed E-state index contributed by atoms with van der Waals surface area (Å²) in [5, 5.41) is 2.39. The molecule has 4 aromatic carbocycles. The molecule has 2 aliphatic rings. The summed E-state index contributed by atoms with van der Waals surface area (Å²) in [7, 11) is 0. The van der Waals surface area contributed by atoms with Crippen molar-refractivity contribution in [2.75, 3.05) is 0 Å². The molecule has 0 bridgehead atoms. The van der Waals surface area contributed by atoms with E-state index in [4.69, 9.17) is 0 Å². The van der Waals surface area contributed by atoms with E-state index in [1.165, 1.54) is 39.8 Å². The van der Waals surface area contributed by atoms with E-state index in [2.05, 4.69) is 77.6 Å². The molecule has 0 fully saturated rings. The van der Waals surface area contributed by atoms with Gasteiger partial charge in [-0.05, 0) is 94.0 Å². The Morgan fingerprint density at radius 2 is 1.61 bits per heavy atom. The van der Waals surface area contributed by atoms with Crippen LogP contribution < -0.4 is 4.74 Å². The minimum Gasteiger partial charge on any atom is -0.406 e. The average Bonchev–Trinajstić information content (AvgIpc) is 2.88. The van der Waals surface area contributed by atoms with E-state index in [0.29, 0.717) is 5.92 Å². The van der Waals surface area contributed by atoms with Crippen LogP contribution in [0.3, 0.4) is 0 Å². The fourth-order valence-corrected chi connectivity index (χ4v) is 5.73. The monoisotopic (exact) mass is 482 g/mol. The normalized spacial score (nSPS) is 17.1. The smallest absolute Gasteiger partial charge is 0.406 e. The van der Waals surface area contributed by atoms with Crippen molar-refractivity contribution >= 4 is 16.3 Å². The van der Waals surface area contributed by atoms with E-state index < -0.39 is 6.36 Å². The van der Waals surface area contributed by atoms with Gasteiger partial charge in [0.2, 0.25) is 0 Å².